The fourth-order valence-electron chi connectivity index (χ4n) is 2.29. The lowest BCUT2D eigenvalue weighted by Gasteiger charge is -2.25. The maximum Gasteiger partial charge on any atom is 0.270 e. The van der Waals surface area contributed by atoms with Gasteiger partial charge in [0.15, 0.2) is 0 Å². The summed E-state index contributed by atoms with van der Waals surface area (Å²) in [5.41, 5.74) is 7.35. The first-order valence-corrected chi connectivity index (χ1v) is 7.17. The molecule has 0 unspecified atom stereocenters. The summed E-state index contributed by atoms with van der Waals surface area (Å²) in [4.78, 5) is 24.5. The van der Waals surface area contributed by atoms with Crippen molar-refractivity contribution in [2.24, 2.45) is 0 Å². The van der Waals surface area contributed by atoms with Crippen molar-refractivity contribution in [1.82, 2.24) is 10.2 Å². The standard InChI is InChI=1S/C15H20N4O3/c1-11-4-7-18(8-5-11)9-6-17-15(20)13-10-12(19(21)22)2-3-14(13)16/h2-4,10H,5-9,16H2,1H3,(H,17,20). The van der Waals surface area contributed by atoms with Gasteiger partial charge in [0.1, 0.15) is 0 Å². The van der Waals surface area contributed by atoms with Gasteiger partial charge in [-0.15, -0.1) is 0 Å². The van der Waals surface area contributed by atoms with E-state index in [1.54, 1.807) is 0 Å². The summed E-state index contributed by atoms with van der Waals surface area (Å²) >= 11 is 0. The number of nitrogens with zero attached hydrogens (tertiary/aromatic N) is 2. The molecule has 1 amide bonds. The lowest BCUT2D eigenvalue weighted by Crippen LogP contribution is -2.37. The predicted octanol–water partition coefficient (Wildman–Crippen LogP) is 1.56. The van der Waals surface area contributed by atoms with E-state index in [1.165, 1.54) is 23.8 Å². The van der Waals surface area contributed by atoms with Crippen LogP contribution in [0.1, 0.15) is 23.7 Å². The van der Waals surface area contributed by atoms with E-state index in [2.05, 4.69) is 23.2 Å². The van der Waals surface area contributed by atoms with Crippen molar-refractivity contribution < 1.29 is 9.72 Å². The van der Waals surface area contributed by atoms with Crippen LogP contribution in [0.15, 0.2) is 29.8 Å². The molecular formula is C15H20N4O3. The highest BCUT2D eigenvalue weighted by Gasteiger charge is 2.15. The van der Waals surface area contributed by atoms with Crippen LogP contribution in [0.3, 0.4) is 0 Å². The number of rotatable bonds is 5. The first-order chi connectivity index (χ1) is 10.5. The zero-order valence-corrected chi connectivity index (χ0v) is 12.5. The highest BCUT2D eigenvalue weighted by molar-refractivity contribution is 5.99. The smallest absolute Gasteiger partial charge is 0.270 e. The third kappa shape index (κ3) is 4.05. The molecule has 0 fully saturated rings. The molecule has 1 aliphatic heterocycles. The van der Waals surface area contributed by atoms with Crippen molar-refractivity contribution >= 4 is 17.3 Å². The molecule has 0 saturated heterocycles. The van der Waals surface area contributed by atoms with E-state index in [0.717, 1.165) is 26.1 Å². The molecule has 1 aliphatic rings. The Kier molecular flexibility index (Phi) is 5.11. The normalized spacial score (nSPS) is 15.2. The monoisotopic (exact) mass is 304 g/mol. The van der Waals surface area contributed by atoms with E-state index < -0.39 is 4.92 Å². The van der Waals surface area contributed by atoms with E-state index in [9.17, 15) is 14.9 Å². The van der Waals surface area contributed by atoms with E-state index in [1.807, 2.05) is 0 Å². The number of non-ortho nitro benzene ring substituents is 1. The number of carbonyl (C=O) groups is 1. The first kappa shape index (κ1) is 16.0. The number of benzene rings is 1. The molecular weight excluding hydrogens is 284 g/mol. The van der Waals surface area contributed by atoms with Gasteiger partial charge in [-0.1, -0.05) is 11.6 Å². The number of nitrogens with two attached hydrogens (primary N) is 1. The lowest BCUT2D eigenvalue weighted by atomic mass is 10.1. The van der Waals surface area contributed by atoms with E-state index in [0.29, 0.717) is 6.54 Å². The summed E-state index contributed by atoms with van der Waals surface area (Å²) in [5, 5.41) is 13.5. The first-order valence-electron chi connectivity index (χ1n) is 7.17. The van der Waals surface area contributed by atoms with Crippen LogP contribution < -0.4 is 11.1 Å². The molecule has 0 aliphatic carbocycles. The minimum Gasteiger partial charge on any atom is -0.398 e. The molecule has 7 nitrogen and oxygen atoms in total. The molecule has 2 rings (SSSR count). The number of hydrogen-bond acceptors (Lipinski definition) is 5. The summed E-state index contributed by atoms with van der Waals surface area (Å²) < 4.78 is 0. The second kappa shape index (κ2) is 7.04. The Morgan fingerprint density at radius 2 is 2.27 bits per heavy atom. The van der Waals surface area contributed by atoms with Crippen LogP contribution in [-0.4, -0.2) is 41.9 Å². The summed E-state index contributed by atoms with van der Waals surface area (Å²) in [7, 11) is 0. The topological polar surface area (TPSA) is 102 Å². The average Bonchev–Trinajstić information content (AvgIpc) is 2.49. The fourth-order valence-corrected chi connectivity index (χ4v) is 2.29. The molecule has 0 radical (unpaired) electrons. The second-order valence-electron chi connectivity index (χ2n) is 5.39. The van der Waals surface area contributed by atoms with E-state index in [4.69, 9.17) is 5.73 Å². The van der Waals surface area contributed by atoms with Gasteiger partial charge in [0.25, 0.3) is 11.6 Å². The zero-order chi connectivity index (χ0) is 16.1. The minimum atomic E-state index is -0.543. The van der Waals surface area contributed by atoms with Crippen molar-refractivity contribution in [2.75, 3.05) is 31.9 Å². The lowest BCUT2D eigenvalue weighted by molar-refractivity contribution is -0.384. The third-order valence-corrected chi connectivity index (χ3v) is 3.73. The van der Waals surface area contributed by atoms with Gasteiger partial charge < -0.3 is 11.1 Å². The van der Waals surface area contributed by atoms with Crippen LogP contribution in [-0.2, 0) is 0 Å². The quantitative estimate of drug-likeness (QED) is 0.372. The third-order valence-electron chi connectivity index (χ3n) is 3.73. The SMILES string of the molecule is CC1=CCN(CCNC(=O)c2cc([N+](=O)[O-])ccc2N)CC1. The van der Waals surface area contributed by atoms with Crippen molar-refractivity contribution in [2.45, 2.75) is 13.3 Å². The Morgan fingerprint density at radius 1 is 1.50 bits per heavy atom. The number of nitrogens with one attached hydrogen (secondary N) is 1. The Balaban J connectivity index is 1.90. The van der Waals surface area contributed by atoms with Crippen LogP contribution in [0.2, 0.25) is 0 Å². The molecule has 1 aromatic rings. The van der Waals surface area contributed by atoms with Crippen molar-refractivity contribution in [3.63, 3.8) is 0 Å². The molecule has 118 valence electrons. The van der Waals surface area contributed by atoms with Crippen LogP contribution in [0.4, 0.5) is 11.4 Å². The van der Waals surface area contributed by atoms with Gasteiger partial charge >= 0.3 is 0 Å². The molecule has 0 bridgehead atoms. The highest BCUT2D eigenvalue weighted by Crippen LogP contribution is 2.19. The second-order valence-corrected chi connectivity index (χ2v) is 5.39. The maximum atomic E-state index is 12.1. The largest absolute Gasteiger partial charge is 0.398 e. The Bertz CT molecular complexity index is 613. The number of nitrogen functional groups attached to an aromatic ring is 1. The molecule has 0 saturated carbocycles. The molecule has 1 heterocycles. The molecule has 0 atom stereocenters. The van der Waals surface area contributed by atoms with Gasteiger partial charge in [-0.05, 0) is 19.4 Å². The number of hydrogen-bond donors (Lipinski definition) is 2. The average molecular weight is 304 g/mol. The summed E-state index contributed by atoms with van der Waals surface area (Å²) in [6.07, 6.45) is 3.23. The fraction of sp³-hybridized carbons (Fsp3) is 0.400. The van der Waals surface area contributed by atoms with E-state index in [-0.39, 0.29) is 22.8 Å². The van der Waals surface area contributed by atoms with Gasteiger partial charge in [0.2, 0.25) is 0 Å². The van der Waals surface area contributed by atoms with Crippen LogP contribution in [0.25, 0.3) is 0 Å². The van der Waals surface area contributed by atoms with Gasteiger partial charge in [-0.2, -0.15) is 0 Å². The van der Waals surface area contributed by atoms with Crippen LogP contribution >= 0.6 is 0 Å². The minimum absolute atomic E-state index is 0.142. The van der Waals surface area contributed by atoms with E-state index >= 15 is 0 Å². The van der Waals surface area contributed by atoms with Crippen LogP contribution in [0.5, 0.6) is 0 Å². The number of amides is 1. The maximum absolute atomic E-state index is 12.1. The van der Waals surface area contributed by atoms with Crippen molar-refractivity contribution in [1.29, 1.82) is 0 Å². The number of nitro benzene ring substituents is 1. The van der Waals surface area contributed by atoms with Gasteiger partial charge in [-0.25, -0.2) is 0 Å². The zero-order valence-electron chi connectivity index (χ0n) is 12.5. The Morgan fingerprint density at radius 3 is 2.91 bits per heavy atom. The Labute approximate surface area is 128 Å². The summed E-state index contributed by atoms with van der Waals surface area (Å²) in [6, 6.07) is 3.87. The van der Waals surface area contributed by atoms with Crippen LogP contribution in [0, 0.1) is 10.1 Å². The van der Waals surface area contributed by atoms with Gasteiger partial charge in [0.05, 0.1) is 10.5 Å². The number of carbonyl (C=O) groups excluding carboxylic acids is 1. The molecule has 22 heavy (non-hydrogen) atoms. The van der Waals surface area contributed by atoms with Crippen molar-refractivity contribution in [3.05, 3.63) is 45.5 Å². The molecule has 1 aromatic carbocycles. The highest BCUT2D eigenvalue weighted by atomic mass is 16.6. The molecule has 3 N–H and O–H groups in total. The Hall–Kier alpha value is -2.41. The molecule has 0 spiro atoms. The van der Waals surface area contributed by atoms with Gasteiger partial charge in [-0.3, -0.25) is 19.8 Å². The van der Waals surface area contributed by atoms with Crippen molar-refractivity contribution in [3.8, 4) is 0 Å². The number of anilines is 1. The summed E-state index contributed by atoms with van der Waals surface area (Å²) in [5.74, 6) is -0.384. The predicted molar refractivity (Wildman–Crippen MR) is 84.7 cm³/mol. The number of nitro groups is 1. The van der Waals surface area contributed by atoms with Gasteiger partial charge in [0, 0.05) is 44.0 Å². The molecule has 7 heteroatoms. The summed E-state index contributed by atoms with van der Waals surface area (Å²) in [6.45, 7) is 5.21. The molecule has 0 aromatic heterocycles.